The number of esters is 2. The fraction of sp³-hybridized carbons (Fsp3) is 0.263. The Morgan fingerprint density at radius 1 is 0.923 bits per heavy atom. The Balaban J connectivity index is 2.49. The summed E-state index contributed by atoms with van der Waals surface area (Å²) in [7, 11) is 5.55. The van der Waals surface area contributed by atoms with E-state index in [4.69, 9.17) is 18.9 Å². The van der Waals surface area contributed by atoms with Crippen molar-refractivity contribution in [3.05, 3.63) is 42.1 Å². The molecule has 0 saturated heterocycles. The van der Waals surface area contributed by atoms with E-state index in [0.29, 0.717) is 28.0 Å². The normalized spacial score (nSPS) is 11.0. The van der Waals surface area contributed by atoms with E-state index in [2.05, 4.69) is 0 Å². The van der Waals surface area contributed by atoms with Gasteiger partial charge in [-0.2, -0.15) is 0 Å². The maximum atomic E-state index is 12.4. The van der Waals surface area contributed by atoms with Crippen LogP contribution in [0.1, 0.15) is 11.5 Å². The number of methoxy groups -OCH3 is 4. The molecule has 0 unspecified atom stereocenters. The van der Waals surface area contributed by atoms with E-state index in [1.165, 1.54) is 21.3 Å². The number of ether oxygens (including phenoxy) is 4. The molecule has 2 heterocycles. The van der Waals surface area contributed by atoms with Crippen molar-refractivity contribution in [3.63, 3.8) is 0 Å². The van der Waals surface area contributed by atoms with Crippen LogP contribution in [0.2, 0.25) is 0 Å². The van der Waals surface area contributed by atoms with Crippen molar-refractivity contribution in [2.75, 3.05) is 28.4 Å². The highest BCUT2D eigenvalue weighted by Crippen LogP contribution is 2.41. The van der Waals surface area contributed by atoms with Crippen LogP contribution in [0.5, 0.6) is 11.5 Å². The quantitative estimate of drug-likeness (QED) is 0.516. The van der Waals surface area contributed by atoms with Crippen LogP contribution in [0, 0.1) is 0 Å². The summed E-state index contributed by atoms with van der Waals surface area (Å²) in [5, 5.41) is 0.625. The minimum absolute atomic E-state index is 0.471. The third-order valence-corrected chi connectivity index (χ3v) is 4.34. The zero-order valence-corrected chi connectivity index (χ0v) is 14.9. The molecule has 1 aromatic carbocycles. The fourth-order valence-electron chi connectivity index (χ4n) is 3.18. The summed E-state index contributed by atoms with van der Waals surface area (Å²) >= 11 is 0. The monoisotopic (exact) mass is 357 g/mol. The number of aromatic nitrogens is 1. The molecule has 26 heavy (non-hydrogen) atoms. The molecule has 7 heteroatoms. The largest absolute Gasteiger partial charge is 0.497 e. The van der Waals surface area contributed by atoms with Crippen LogP contribution in [-0.2, 0) is 19.1 Å². The lowest BCUT2D eigenvalue weighted by atomic mass is 9.96. The number of carbonyl (C=O) groups is 2. The van der Waals surface area contributed by atoms with Crippen molar-refractivity contribution in [2.45, 2.75) is 5.92 Å². The molecule has 0 aliphatic carbocycles. The number of hydrogen-bond acceptors (Lipinski definition) is 6. The highest BCUT2D eigenvalue weighted by molar-refractivity contribution is 6.10. The molecule has 3 rings (SSSR count). The van der Waals surface area contributed by atoms with Crippen molar-refractivity contribution in [2.24, 2.45) is 0 Å². The first-order valence-electron chi connectivity index (χ1n) is 7.87. The van der Waals surface area contributed by atoms with Gasteiger partial charge in [0.2, 0.25) is 0 Å². The van der Waals surface area contributed by atoms with E-state index in [1.807, 2.05) is 34.9 Å². The maximum absolute atomic E-state index is 12.4. The van der Waals surface area contributed by atoms with Gasteiger partial charge in [-0.05, 0) is 12.1 Å². The molecule has 0 fully saturated rings. The first kappa shape index (κ1) is 17.6. The van der Waals surface area contributed by atoms with E-state index in [-0.39, 0.29) is 0 Å². The van der Waals surface area contributed by atoms with Gasteiger partial charge in [0.15, 0.2) is 5.92 Å². The van der Waals surface area contributed by atoms with Crippen LogP contribution < -0.4 is 9.47 Å². The summed E-state index contributed by atoms with van der Waals surface area (Å²) in [4.78, 5) is 24.8. The van der Waals surface area contributed by atoms with E-state index >= 15 is 0 Å². The Bertz CT molecular complexity index is 975. The van der Waals surface area contributed by atoms with Gasteiger partial charge < -0.3 is 23.3 Å². The number of fused-ring (bicyclic) bond motifs is 3. The predicted octanol–water partition coefficient (Wildman–Crippen LogP) is 2.54. The van der Waals surface area contributed by atoms with Gasteiger partial charge in [0.1, 0.15) is 11.5 Å². The summed E-state index contributed by atoms with van der Waals surface area (Å²) < 4.78 is 22.5. The van der Waals surface area contributed by atoms with Crippen LogP contribution in [-0.4, -0.2) is 44.8 Å². The lowest BCUT2D eigenvalue weighted by molar-refractivity contribution is -0.154. The van der Waals surface area contributed by atoms with Gasteiger partial charge in [-0.3, -0.25) is 9.59 Å². The minimum atomic E-state index is -1.23. The molecule has 0 radical (unpaired) electrons. The lowest BCUT2D eigenvalue weighted by Gasteiger charge is -2.14. The van der Waals surface area contributed by atoms with Crippen molar-refractivity contribution in [3.8, 4) is 11.5 Å². The second-order valence-corrected chi connectivity index (χ2v) is 5.57. The van der Waals surface area contributed by atoms with Crippen LogP contribution in [0.3, 0.4) is 0 Å². The maximum Gasteiger partial charge on any atom is 0.324 e. The Morgan fingerprint density at radius 2 is 1.62 bits per heavy atom. The van der Waals surface area contributed by atoms with Gasteiger partial charge in [-0.15, -0.1) is 0 Å². The lowest BCUT2D eigenvalue weighted by Crippen LogP contribution is -2.24. The summed E-state index contributed by atoms with van der Waals surface area (Å²) in [5.41, 5.74) is 1.89. The molecular formula is C19H19NO6. The van der Waals surface area contributed by atoms with E-state index in [0.717, 1.165) is 5.52 Å². The molecule has 0 bridgehead atoms. The first-order chi connectivity index (χ1) is 12.6. The Morgan fingerprint density at radius 3 is 2.19 bits per heavy atom. The molecule has 0 aliphatic rings. The van der Waals surface area contributed by atoms with Crippen molar-refractivity contribution < 1.29 is 28.5 Å². The van der Waals surface area contributed by atoms with Gasteiger partial charge in [0.05, 0.1) is 39.5 Å². The Labute approximate surface area is 150 Å². The van der Waals surface area contributed by atoms with Crippen LogP contribution in [0.25, 0.3) is 16.4 Å². The predicted molar refractivity (Wildman–Crippen MR) is 94.8 cm³/mol. The molecule has 0 spiro atoms. The number of pyridine rings is 1. The fourth-order valence-corrected chi connectivity index (χ4v) is 3.18. The molecule has 0 saturated carbocycles. The van der Waals surface area contributed by atoms with E-state index in [9.17, 15) is 9.59 Å². The summed E-state index contributed by atoms with van der Waals surface area (Å²) in [5.74, 6) is -1.56. The zero-order chi connectivity index (χ0) is 18.8. The standard InChI is InChI=1S/C19H19NO6/c1-23-11-9-13-15(14(10-11)24-2)16(12-7-5-6-8-20(12)13)17(18(21)25-3)19(22)26-4/h5-10,17H,1-4H3. The Hall–Kier alpha value is -3.22. The molecule has 0 N–H and O–H groups in total. The summed E-state index contributed by atoms with van der Waals surface area (Å²) in [6.07, 6.45) is 1.84. The molecule has 0 aliphatic heterocycles. The molecule has 3 aromatic rings. The van der Waals surface area contributed by atoms with Gasteiger partial charge in [0, 0.05) is 29.3 Å². The molecule has 7 nitrogen and oxygen atoms in total. The molecule has 136 valence electrons. The van der Waals surface area contributed by atoms with Gasteiger partial charge >= 0.3 is 11.9 Å². The van der Waals surface area contributed by atoms with Crippen molar-refractivity contribution in [1.29, 1.82) is 0 Å². The van der Waals surface area contributed by atoms with Crippen LogP contribution >= 0.6 is 0 Å². The zero-order valence-electron chi connectivity index (χ0n) is 14.9. The second-order valence-electron chi connectivity index (χ2n) is 5.57. The van der Waals surface area contributed by atoms with E-state index in [1.54, 1.807) is 13.2 Å². The third kappa shape index (κ3) is 2.61. The number of benzene rings is 1. The summed E-state index contributed by atoms with van der Waals surface area (Å²) in [6.45, 7) is 0. The molecule has 2 aromatic heterocycles. The SMILES string of the molecule is COC(=O)C(C(=O)OC)c1c2c(OC)cc(OC)cc2n2ccccc12. The number of rotatable bonds is 5. The molecule has 0 amide bonds. The minimum Gasteiger partial charge on any atom is -0.497 e. The van der Waals surface area contributed by atoms with Crippen LogP contribution in [0.4, 0.5) is 0 Å². The highest BCUT2D eigenvalue weighted by Gasteiger charge is 2.36. The number of carbonyl (C=O) groups excluding carboxylic acids is 2. The average molecular weight is 357 g/mol. The van der Waals surface area contributed by atoms with Crippen molar-refractivity contribution >= 4 is 28.4 Å². The van der Waals surface area contributed by atoms with Crippen molar-refractivity contribution in [1.82, 2.24) is 4.40 Å². The molecule has 0 atom stereocenters. The van der Waals surface area contributed by atoms with Gasteiger partial charge in [-0.1, -0.05) is 6.07 Å². The number of hydrogen-bond donors (Lipinski definition) is 0. The Kier molecular flexibility index (Phi) is 4.71. The van der Waals surface area contributed by atoms with Gasteiger partial charge in [-0.25, -0.2) is 0 Å². The first-order valence-corrected chi connectivity index (χ1v) is 7.87. The summed E-state index contributed by atoms with van der Waals surface area (Å²) in [6, 6.07) is 9.03. The smallest absolute Gasteiger partial charge is 0.324 e. The number of nitrogens with zero attached hydrogens (tertiary/aromatic N) is 1. The second kappa shape index (κ2) is 6.95. The van der Waals surface area contributed by atoms with Crippen LogP contribution in [0.15, 0.2) is 36.5 Å². The average Bonchev–Trinajstić information content (AvgIpc) is 3.01. The van der Waals surface area contributed by atoms with Gasteiger partial charge in [0.25, 0.3) is 0 Å². The third-order valence-electron chi connectivity index (χ3n) is 4.34. The highest BCUT2D eigenvalue weighted by atomic mass is 16.5. The molecular weight excluding hydrogens is 338 g/mol. The topological polar surface area (TPSA) is 75.5 Å². The van der Waals surface area contributed by atoms with E-state index < -0.39 is 17.9 Å².